The first kappa shape index (κ1) is 15.2. The summed E-state index contributed by atoms with van der Waals surface area (Å²) >= 11 is 6.04. The number of amides is 1. The Morgan fingerprint density at radius 1 is 1.17 bits per heavy atom. The van der Waals surface area contributed by atoms with E-state index in [9.17, 15) is 4.79 Å². The van der Waals surface area contributed by atoms with Crippen molar-refractivity contribution in [2.45, 2.75) is 6.92 Å². The van der Waals surface area contributed by atoms with Crippen molar-refractivity contribution in [3.05, 3.63) is 64.8 Å². The topological polar surface area (TPSA) is 56.4 Å². The molecule has 0 unspecified atom stereocenters. The highest BCUT2D eigenvalue weighted by Gasteiger charge is 2.21. The van der Waals surface area contributed by atoms with Crippen LogP contribution in [0.1, 0.15) is 12.5 Å². The van der Waals surface area contributed by atoms with Gasteiger partial charge in [-0.05, 0) is 37.3 Å². The van der Waals surface area contributed by atoms with Gasteiger partial charge in [0.15, 0.2) is 0 Å². The van der Waals surface area contributed by atoms with Gasteiger partial charge in [0, 0.05) is 22.0 Å². The van der Waals surface area contributed by atoms with Crippen LogP contribution in [-0.4, -0.2) is 18.1 Å². The number of nitrogens with one attached hydrogen (secondary N) is 3. The lowest BCUT2D eigenvalue weighted by atomic mass is 10.1. The first-order valence-electron chi connectivity index (χ1n) is 7.22. The number of hydrogen-bond donors (Lipinski definition) is 3. The number of halogens is 1. The second kappa shape index (κ2) is 6.62. The van der Waals surface area contributed by atoms with Crippen LogP contribution in [-0.2, 0) is 4.79 Å². The molecule has 5 nitrogen and oxygen atoms in total. The zero-order valence-electron chi connectivity index (χ0n) is 12.6. The number of hydrogen-bond acceptors (Lipinski definition) is 4. The summed E-state index contributed by atoms with van der Waals surface area (Å²) in [6.45, 7) is 2.66. The predicted molar refractivity (Wildman–Crippen MR) is 93.6 cm³/mol. The van der Waals surface area contributed by atoms with Crippen molar-refractivity contribution >= 4 is 35.1 Å². The van der Waals surface area contributed by atoms with E-state index in [1.165, 1.54) is 0 Å². The van der Waals surface area contributed by atoms with E-state index in [-0.39, 0.29) is 0 Å². The highest BCUT2D eigenvalue weighted by atomic mass is 35.5. The SMILES string of the molecule is CC1=C(c2cccc(NC=O)c2)N(Nc2cccc(Cl)c2)CN1. The number of anilines is 2. The molecule has 0 atom stereocenters. The number of hydrazine groups is 1. The zero-order valence-corrected chi connectivity index (χ0v) is 13.4. The van der Waals surface area contributed by atoms with Crippen LogP contribution in [0.2, 0.25) is 5.02 Å². The number of carbonyl (C=O) groups excluding carboxylic acids is 1. The fourth-order valence-corrected chi connectivity index (χ4v) is 2.76. The van der Waals surface area contributed by atoms with E-state index < -0.39 is 0 Å². The Balaban J connectivity index is 1.88. The Kier molecular flexibility index (Phi) is 4.39. The molecule has 0 bridgehead atoms. The summed E-state index contributed by atoms with van der Waals surface area (Å²) in [5.41, 5.74) is 8.11. The lowest BCUT2D eigenvalue weighted by Crippen LogP contribution is -2.29. The van der Waals surface area contributed by atoms with Crippen molar-refractivity contribution in [1.29, 1.82) is 0 Å². The third kappa shape index (κ3) is 3.40. The quantitative estimate of drug-likeness (QED) is 0.735. The van der Waals surface area contributed by atoms with Crippen LogP contribution >= 0.6 is 11.6 Å². The maximum atomic E-state index is 10.6. The number of benzene rings is 2. The minimum atomic E-state index is 0.638. The molecule has 0 saturated heterocycles. The van der Waals surface area contributed by atoms with Gasteiger partial charge in [0.05, 0.1) is 11.4 Å². The van der Waals surface area contributed by atoms with Crippen molar-refractivity contribution in [2.75, 3.05) is 17.4 Å². The standard InChI is InChI=1S/C17H17ClN4O/c1-12-17(13-4-2-6-15(8-13)20-11-23)22(10-19-12)21-16-7-3-5-14(18)9-16/h2-9,11,19,21H,10H2,1H3,(H,20,23). The molecule has 0 spiro atoms. The fraction of sp³-hybridized carbons (Fsp3) is 0.118. The average molecular weight is 329 g/mol. The molecule has 1 aliphatic rings. The van der Waals surface area contributed by atoms with Crippen LogP contribution in [0.3, 0.4) is 0 Å². The van der Waals surface area contributed by atoms with Crippen molar-refractivity contribution < 1.29 is 4.79 Å². The van der Waals surface area contributed by atoms with Gasteiger partial charge < -0.3 is 10.6 Å². The molecule has 1 aliphatic heterocycles. The van der Waals surface area contributed by atoms with E-state index >= 15 is 0 Å². The first-order valence-corrected chi connectivity index (χ1v) is 7.60. The minimum Gasteiger partial charge on any atom is -0.368 e. The number of carbonyl (C=O) groups is 1. The summed E-state index contributed by atoms with van der Waals surface area (Å²) in [5.74, 6) is 0. The lowest BCUT2D eigenvalue weighted by Gasteiger charge is -2.24. The molecule has 23 heavy (non-hydrogen) atoms. The van der Waals surface area contributed by atoms with Crippen LogP contribution in [0.5, 0.6) is 0 Å². The van der Waals surface area contributed by atoms with E-state index in [1.807, 2.05) is 60.5 Å². The highest BCUT2D eigenvalue weighted by molar-refractivity contribution is 6.30. The predicted octanol–water partition coefficient (Wildman–Crippen LogP) is 3.49. The Bertz CT molecular complexity index is 760. The van der Waals surface area contributed by atoms with Gasteiger partial charge in [-0.1, -0.05) is 29.8 Å². The first-order chi connectivity index (χ1) is 11.2. The van der Waals surface area contributed by atoms with E-state index in [2.05, 4.69) is 16.1 Å². The zero-order chi connectivity index (χ0) is 16.2. The third-order valence-electron chi connectivity index (χ3n) is 3.58. The molecular formula is C17H17ClN4O. The number of nitrogens with zero attached hydrogens (tertiary/aromatic N) is 1. The molecule has 0 aromatic heterocycles. The lowest BCUT2D eigenvalue weighted by molar-refractivity contribution is -0.105. The molecule has 3 N–H and O–H groups in total. The maximum absolute atomic E-state index is 10.6. The number of rotatable bonds is 5. The normalized spacial score (nSPS) is 13.7. The van der Waals surface area contributed by atoms with E-state index in [4.69, 9.17) is 11.6 Å². The van der Waals surface area contributed by atoms with Crippen LogP contribution in [0.4, 0.5) is 11.4 Å². The molecule has 118 valence electrons. The Labute approximate surface area is 139 Å². The molecule has 0 radical (unpaired) electrons. The van der Waals surface area contributed by atoms with Crippen LogP contribution in [0, 0.1) is 0 Å². The van der Waals surface area contributed by atoms with Crippen molar-refractivity contribution in [3.63, 3.8) is 0 Å². The molecule has 2 aromatic rings. The largest absolute Gasteiger partial charge is 0.368 e. The van der Waals surface area contributed by atoms with Gasteiger partial charge in [0.25, 0.3) is 0 Å². The summed E-state index contributed by atoms with van der Waals surface area (Å²) in [4.78, 5) is 10.6. The van der Waals surface area contributed by atoms with Gasteiger partial charge in [0.2, 0.25) is 6.41 Å². The summed E-state index contributed by atoms with van der Waals surface area (Å²) in [5, 5.41) is 8.70. The molecule has 0 aliphatic carbocycles. The molecule has 1 amide bonds. The Hall–Kier alpha value is -2.66. The van der Waals surface area contributed by atoms with Crippen molar-refractivity contribution in [3.8, 4) is 0 Å². The van der Waals surface area contributed by atoms with E-state index in [1.54, 1.807) is 0 Å². The molecule has 2 aromatic carbocycles. The van der Waals surface area contributed by atoms with Crippen LogP contribution in [0.15, 0.2) is 54.2 Å². The summed E-state index contributed by atoms with van der Waals surface area (Å²) < 4.78 is 0. The highest BCUT2D eigenvalue weighted by Crippen LogP contribution is 2.28. The van der Waals surface area contributed by atoms with Crippen molar-refractivity contribution in [1.82, 2.24) is 10.3 Å². The van der Waals surface area contributed by atoms with Crippen LogP contribution < -0.4 is 16.1 Å². The van der Waals surface area contributed by atoms with Gasteiger partial charge in [-0.15, -0.1) is 0 Å². The molecule has 0 fully saturated rings. The van der Waals surface area contributed by atoms with Gasteiger partial charge >= 0.3 is 0 Å². The monoisotopic (exact) mass is 328 g/mol. The summed E-state index contributed by atoms with van der Waals surface area (Å²) in [6, 6.07) is 15.3. The summed E-state index contributed by atoms with van der Waals surface area (Å²) in [6.07, 6.45) is 0.676. The van der Waals surface area contributed by atoms with Gasteiger partial charge in [-0.25, -0.2) is 0 Å². The van der Waals surface area contributed by atoms with Gasteiger partial charge in [-0.3, -0.25) is 15.2 Å². The minimum absolute atomic E-state index is 0.638. The van der Waals surface area contributed by atoms with Crippen molar-refractivity contribution in [2.24, 2.45) is 0 Å². The molecule has 1 heterocycles. The average Bonchev–Trinajstić information content (AvgIpc) is 2.88. The summed E-state index contributed by atoms with van der Waals surface area (Å²) in [7, 11) is 0. The fourth-order valence-electron chi connectivity index (χ4n) is 2.57. The van der Waals surface area contributed by atoms with Crippen LogP contribution in [0.25, 0.3) is 5.70 Å². The van der Waals surface area contributed by atoms with Gasteiger partial charge in [0.1, 0.15) is 6.67 Å². The second-order valence-electron chi connectivity index (χ2n) is 5.20. The Morgan fingerprint density at radius 2 is 1.96 bits per heavy atom. The number of allylic oxidation sites excluding steroid dienone is 1. The molecular weight excluding hydrogens is 312 g/mol. The van der Waals surface area contributed by atoms with E-state index in [0.29, 0.717) is 18.1 Å². The third-order valence-corrected chi connectivity index (χ3v) is 3.81. The molecule has 3 rings (SSSR count). The smallest absolute Gasteiger partial charge is 0.211 e. The maximum Gasteiger partial charge on any atom is 0.211 e. The molecule has 6 heteroatoms. The Morgan fingerprint density at radius 3 is 2.74 bits per heavy atom. The second-order valence-corrected chi connectivity index (χ2v) is 5.64. The van der Waals surface area contributed by atoms with E-state index in [0.717, 1.165) is 28.3 Å². The molecule has 0 saturated carbocycles. The van der Waals surface area contributed by atoms with Gasteiger partial charge in [-0.2, -0.15) is 0 Å².